The Bertz CT molecular complexity index is 809. The lowest BCUT2D eigenvalue weighted by Gasteiger charge is -2.11. The molecular weight excluding hydrogens is 408 g/mol. The van der Waals surface area contributed by atoms with Crippen LogP contribution in [0.1, 0.15) is 103 Å². The number of cyclic esters (lactones) is 1. The third-order valence-corrected chi connectivity index (χ3v) is 6.73. The van der Waals surface area contributed by atoms with Gasteiger partial charge in [-0.05, 0) is 41.7 Å². The fourth-order valence-corrected chi connectivity index (χ4v) is 4.60. The van der Waals surface area contributed by atoms with Gasteiger partial charge in [0.1, 0.15) is 11.9 Å². The van der Waals surface area contributed by atoms with Gasteiger partial charge in [0.05, 0.1) is 12.5 Å². The molecule has 1 heterocycles. The SMILES string of the molecule is CCCCCCCOc1ccc(-c2ccc(C3CC(CCCCCCC)C(=O)O3)cc2)cc1. The first kappa shape index (κ1) is 25.3. The number of hydrogen-bond donors (Lipinski definition) is 0. The Morgan fingerprint density at radius 3 is 1.97 bits per heavy atom. The monoisotopic (exact) mass is 450 g/mol. The van der Waals surface area contributed by atoms with E-state index in [0.29, 0.717) is 0 Å². The zero-order valence-electron chi connectivity index (χ0n) is 20.7. The maximum Gasteiger partial charge on any atom is 0.309 e. The standard InChI is InChI=1S/C30H42O3/c1-3-5-7-9-11-13-27-23-29(33-30(27)31)26-16-14-24(15-17-26)25-18-20-28(21-19-25)32-22-12-10-8-6-4-2/h14-21,27,29H,3-13,22-23H2,1-2H3. The van der Waals surface area contributed by atoms with Crippen molar-refractivity contribution in [3.05, 3.63) is 54.1 Å². The quantitative estimate of drug-likeness (QED) is 0.201. The van der Waals surface area contributed by atoms with Gasteiger partial charge in [-0.3, -0.25) is 4.79 Å². The van der Waals surface area contributed by atoms with Crippen molar-refractivity contribution in [3.63, 3.8) is 0 Å². The molecule has 0 N–H and O–H groups in total. The van der Waals surface area contributed by atoms with Crippen molar-refractivity contribution in [3.8, 4) is 16.9 Å². The summed E-state index contributed by atoms with van der Waals surface area (Å²) in [7, 11) is 0. The van der Waals surface area contributed by atoms with Gasteiger partial charge in [0, 0.05) is 6.42 Å². The number of carbonyl (C=O) groups is 1. The smallest absolute Gasteiger partial charge is 0.309 e. The van der Waals surface area contributed by atoms with E-state index in [0.717, 1.165) is 43.6 Å². The fourth-order valence-electron chi connectivity index (χ4n) is 4.60. The van der Waals surface area contributed by atoms with Crippen LogP contribution in [0.2, 0.25) is 0 Å². The summed E-state index contributed by atoms with van der Waals surface area (Å²) in [6.45, 7) is 5.25. The number of carbonyl (C=O) groups excluding carboxylic acids is 1. The Morgan fingerprint density at radius 2 is 1.33 bits per heavy atom. The third kappa shape index (κ3) is 8.21. The Hall–Kier alpha value is -2.29. The highest BCUT2D eigenvalue weighted by Gasteiger charge is 2.34. The van der Waals surface area contributed by atoms with Gasteiger partial charge >= 0.3 is 5.97 Å². The molecule has 3 heteroatoms. The minimum absolute atomic E-state index is 0.0134. The van der Waals surface area contributed by atoms with Gasteiger partial charge in [0.25, 0.3) is 0 Å². The van der Waals surface area contributed by atoms with Crippen LogP contribution in [0.3, 0.4) is 0 Å². The van der Waals surface area contributed by atoms with Crippen LogP contribution in [0.4, 0.5) is 0 Å². The van der Waals surface area contributed by atoms with Gasteiger partial charge in [-0.25, -0.2) is 0 Å². The maximum absolute atomic E-state index is 12.3. The molecule has 0 saturated carbocycles. The van der Waals surface area contributed by atoms with Crippen molar-refractivity contribution in [2.45, 2.75) is 97.0 Å². The summed E-state index contributed by atoms with van der Waals surface area (Å²) in [4.78, 5) is 12.3. The zero-order valence-corrected chi connectivity index (χ0v) is 20.7. The maximum atomic E-state index is 12.3. The molecule has 2 aromatic rings. The summed E-state index contributed by atoms with van der Waals surface area (Å²) in [5.41, 5.74) is 3.44. The van der Waals surface area contributed by atoms with Crippen molar-refractivity contribution >= 4 is 5.97 Å². The molecule has 2 atom stereocenters. The molecule has 2 unspecified atom stereocenters. The fraction of sp³-hybridized carbons (Fsp3) is 0.567. The highest BCUT2D eigenvalue weighted by Crippen LogP contribution is 2.36. The zero-order chi connectivity index (χ0) is 23.3. The van der Waals surface area contributed by atoms with Crippen molar-refractivity contribution in [2.24, 2.45) is 5.92 Å². The molecule has 180 valence electrons. The van der Waals surface area contributed by atoms with E-state index < -0.39 is 0 Å². The molecule has 1 aliphatic heterocycles. The first-order chi connectivity index (χ1) is 16.2. The van der Waals surface area contributed by atoms with Gasteiger partial charge in [-0.1, -0.05) is 108 Å². The summed E-state index contributed by atoms with van der Waals surface area (Å²) in [6, 6.07) is 16.8. The second-order valence-corrected chi connectivity index (χ2v) is 9.47. The Morgan fingerprint density at radius 1 is 0.758 bits per heavy atom. The predicted octanol–water partition coefficient (Wildman–Crippen LogP) is 8.67. The minimum atomic E-state index is -0.0969. The van der Waals surface area contributed by atoms with Gasteiger partial charge in [-0.15, -0.1) is 0 Å². The van der Waals surface area contributed by atoms with Crippen LogP contribution in [0.25, 0.3) is 11.1 Å². The Kier molecular flexibility index (Phi) is 10.8. The van der Waals surface area contributed by atoms with Crippen molar-refractivity contribution in [1.82, 2.24) is 0 Å². The molecule has 3 rings (SSSR count). The molecule has 0 bridgehead atoms. The highest BCUT2D eigenvalue weighted by molar-refractivity contribution is 5.75. The van der Waals surface area contributed by atoms with Crippen LogP contribution < -0.4 is 4.74 Å². The van der Waals surface area contributed by atoms with E-state index in [1.807, 2.05) is 0 Å². The second-order valence-electron chi connectivity index (χ2n) is 9.47. The molecule has 33 heavy (non-hydrogen) atoms. The average Bonchev–Trinajstić information content (AvgIpc) is 3.22. The number of ether oxygens (including phenoxy) is 2. The van der Waals surface area contributed by atoms with E-state index in [4.69, 9.17) is 9.47 Å². The van der Waals surface area contributed by atoms with Crippen LogP contribution >= 0.6 is 0 Å². The number of esters is 1. The van der Waals surface area contributed by atoms with E-state index in [1.54, 1.807) is 0 Å². The Balaban J connectivity index is 1.45. The first-order valence-corrected chi connectivity index (χ1v) is 13.2. The van der Waals surface area contributed by atoms with Gasteiger partial charge in [-0.2, -0.15) is 0 Å². The van der Waals surface area contributed by atoms with Crippen LogP contribution in [0, 0.1) is 5.92 Å². The molecular formula is C30H42O3. The number of rotatable bonds is 15. The van der Waals surface area contributed by atoms with Gasteiger partial charge in [0.2, 0.25) is 0 Å². The molecule has 3 nitrogen and oxygen atoms in total. The summed E-state index contributed by atoms with van der Waals surface area (Å²) < 4.78 is 11.6. The molecule has 0 aliphatic carbocycles. The minimum Gasteiger partial charge on any atom is -0.494 e. The number of benzene rings is 2. The van der Waals surface area contributed by atoms with Crippen LogP contribution in [0.15, 0.2) is 48.5 Å². The van der Waals surface area contributed by atoms with E-state index in [1.165, 1.54) is 62.5 Å². The van der Waals surface area contributed by atoms with Crippen LogP contribution in [-0.2, 0) is 9.53 Å². The lowest BCUT2D eigenvalue weighted by atomic mass is 9.94. The topological polar surface area (TPSA) is 35.5 Å². The van der Waals surface area contributed by atoms with E-state index in [9.17, 15) is 4.79 Å². The molecule has 0 amide bonds. The number of unbranched alkanes of at least 4 members (excludes halogenated alkanes) is 8. The lowest BCUT2D eigenvalue weighted by molar-refractivity contribution is -0.144. The van der Waals surface area contributed by atoms with E-state index in [-0.39, 0.29) is 18.0 Å². The third-order valence-electron chi connectivity index (χ3n) is 6.73. The molecule has 1 saturated heterocycles. The summed E-state index contributed by atoms with van der Waals surface area (Å²) in [5, 5.41) is 0. The largest absolute Gasteiger partial charge is 0.494 e. The van der Waals surface area contributed by atoms with Crippen molar-refractivity contribution < 1.29 is 14.3 Å². The van der Waals surface area contributed by atoms with Gasteiger partial charge in [0.15, 0.2) is 0 Å². The lowest BCUT2D eigenvalue weighted by Crippen LogP contribution is -2.06. The highest BCUT2D eigenvalue weighted by atomic mass is 16.6. The van der Waals surface area contributed by atoms with Crippen LogP contribution in [0.5, 0.6) is 5.75 Å². The predicted molar refractivity (Wildman–Crippen MR) is 136 cm³/mol. The van der Waals surface area contributed by atoms with E-state index in [2.05, 4.69) is 62.4 Å². The molecule has 1 fully saturated rings. The van der Waals surface area contributed by atoms with Crippen LogP contribution in [-0.4, -0.2) is 12.6 Å². The molecule has 0 spiro atoms. The molecule has 0 radical (unpaired) electrons. The molecule has 0 aromatic heterocycles. The first-order valence-electron chi connectivity index (χ1n) is 13.2. The molecule has 1 aliphatic rings. The normalized spacial score (nSPS) is 17.8. The van der Waals surface area contributed by atoms with Crippen molar-refractivity contribution in [2.75, 3.05) is 6.61 Å². The van der Waals surface area contributed by atoms with E-state index >= 15 is 0 Å². The summed E-state index contributed by atoms with van der Waals surface area (Å²) >= 11 is 0. The summed E-state index contributed by atoms with van der Waals surface area (Å²) in [5.74, 6) is 0.987. The summed E-state index contributed by atoms with van der Waals surface area (Å²) in [6.07, 6.45) is 14.1. The molecule has 2 aromatic carbocycles. The second kappa shape index (κ2) is 14.1. The number of hydrogen-bond acceptors (Lipinski definition) is 3. The van der Waals surface area contributed by atoms with Crippen molar-refractivity contribution in [1.29, 1.82) is 0 Å². The average molecular weight is 451 g/mol. The Labute approximate surface area is 200 Å². The van der Waals surface area contributed by atoms with Gasteiger partial charge < -0.3 is 9.47 Å².